The molecule has 0 aliphatic heterocycles. The van der Waals surface area contributed by atoms with Gasteiger partial charge in [-0.1, -0.05) is 18.6 Å². The molecule has 0 N–H and O–H groups in total. The molecule has 0 saturated carbocycles. The van der Waals surface area contributed by atoms with Crippen molar-refractivity contribution in [3.63, 3.8) is 0 Å². The number of rotatable bonds is 4. The van der Waals surface area contributed by atoms with Crippen molar-refractivity contribution in [3.8, 4) is 0 Å². The summed E-state index contributed by atoms with van der Waals surface area (Å²) in [4.78, 5) is 10.7. The van der Waals surface area contributed by atoms with Crippen LogP contribution in [0.2, 0.25) is 0 Å². The Morgan fingerprint density at radius 1 is 1.15 bits per heavy atom. The largest absolute Gasteiger partial charge is 0.469 e. The number of carbonyl (C=O) groups excluding carboxylic acids is 1. The van der Waals surface area contributed by atoms with Gasteiger partial charge in [-0.3, -0.25) is 4.79 Å². The minimum absolute atomic E-state index is 0. The first-order valence-corrected chi connectivity index (χ1v) is 4.27. The van der Waals surface area contributed by atoms with Gasteiger partial charge in [-0.25, -0.2) is 0 Å². The van der Waals surface area contributed by atoms with Crippen LogP contribution in [0.1, 0.15) is 47.5 Å². The Labute approximate surface area is 82.0 Å². The molecule has 2 heteroatoms. The Balaban J connectivity index is 0. The van der Waals surface area contributed by atoms with E-state index in [1.54, 1.807) is 0 Å². The third-order valence-electron chi connectivity index (χ3n) is 2.01. The molecule has 0 bridgehead atoms. The Morgan fingerprint density at radius 3 is 2.08 bits per heavy atom. The lowest BCUT2D eigenvalue weighted by atomic mass is 10.1. The molecule has 0 aromatic heterocycles. The third kappa shape index (κ3) is 7.57. The first-order valence-electron chi connectivity index (χ1n) is 4.27. The fourth-order valence-corrected chi connectivity index (χ4v) is 0.850. The number of carbonyl (C=O) groups is 1. The standard InChI is InChI=1S/C10H18O2.CH4/c1-8(2)9(3)6-5-7-10(11)12-4;/h5-7H2,1-4H3;1H4. The molecule has 0 radical (unpaired) electrons. The van der Waals surface area contributed by atoms with Gasteiger partial charge in [-0.05, 0) is 33.6 Å². The maximum Gasteiger partial charge on any atom is 0.305 e. The van der Waals surface area contributed by atoms with Crippen molar-refractivity contribution < 1.29 is 9.53 Å². The highest BCUT2D eigenvalue weighted by molar-refractivity contribution is 5.69. The molecular formula is C11H22O2. The molecule has 13 heavy (non-hydrogen) atoms. The van der Waals surface area contributed by atoms with Crippen molar-refractivity contribution in [2.75, 3.05) is 7.11 Å². The quantitative estimate of drug-likeness (QED) is 0.497. The van der Waals surface area contributed by atoms with Crippen LogP contribution in [0.3, 0.4) is 0 Å². The summed E-state index contributed by atoms with van der Waals surface area (Å²) < 4.78 is 4.54. The molecule has 0 aliphatic rings. The van der Waals surface area contributed by atoms with Crippen molar-refractivity contribution in [1.29, 1.82) is 0 Å². The van der Waals surface area contributed by atoms with E-state index >= 15 is 0 Å². The maximum absolute atomic E-state index is 10.7. The molecule has 0 atom stereocenters. The van der Waals surface area contributed by atoms with Crippen molar-refractivity contribution in [1.82, 2.24) is 0 Å². The second kappa shape index (κ2) is 7.84. The van der Waals surface area contributed by atoms with E-state index < -0.39 is 0 Å². The summed E-state index contributed by atoms with van der Waals surface area (Å²) in [6, 6.07) is 0. The van der Waals surface area contributed by atoms with E-state index in [1.165, 1.54) is 18.3 Å². The van der Waals surface area contributed by atoms with Crippen LogP contribution >= 0.6 is 0 Å². The van der Waals surface area contributed by atoms with Crippen LogP contribution in [0.4, 0.5) is 0 Å². The van der Waals surface area contributed by atoms with Gasteiger partial charge >= 0.3 is 5.97 Å². The Bertz CT molecular complexity index is 177. The van der Waals surface area contributed by atoms with Crippen LogP contribution in [-0.2, 0) is 9.53 Å². The highest BCUT2D eigenvalue weighted by Gasteiger charge is 2.00. The SMILES string of the molecule is C.COC(=O)CCCC(C)=C(C)C. The van der Waals surface area contributed by atoms with Gasteiger partial charge in [0.15, 0.2) is 0 Å². The topological polar surface area (TPSA) is 26.3 Å². The first kappa shape index (κ1) is 14.7. The molecule has 0 spiro atoms. The summed E-state index contributed by atoms with van der Waals surface area (Å²) in [6.45, 7) is 6.29. The monoisotopic (exact) mass is 186 g/mol. The molecule has 0 aliphatic carbocycles. The summed E-state index contributed by atoms with van der Waals surface area (Å²) in [6.07, 6.45) is 2.42. The van der Waals surface area contributed by atoms with E-state index in [-0.39, 0.29) is 13.4 Å². The van der Waals surface area contributed by atoms with Crippen LogP contribution in [0, 0.1) is 0 Å². The van der Waals surface area contributed by atoms with E-state index in [4.69, 9.17) is 0 Å². The van der Waals surface area contributed by atoms with Gasteiger partial charge in [0.25, 0.3) is 0 Å². The van der Waals surface area contributed by atoms with Gasteiger partial charge in [0.05, 0.1) is 7.11 Å². The van der Waals surface area contributed by atoms with Gasteiger partial charge in [0.2, 0.25) is 0 Å². The van der Waals surface area contributed by atoms with Crippen molar-refractivity contribution in [2.45, 2.75) is 47.5 Å². The first-order chi connectivity index (χ1) is 5.57. The number of esters is 1. The zero-order chi connectivity index (χ0) is 9.56. The van der Waals surface area contributed by atoms with Gasteiger partial charge < -0.3 is 4.74 Å². The van der Waals surface area contributed by atoms with Gasteiger partial charge in [-0.15, -0.1) is 0 Å². The van der Waals surface area contributed by atoms with E-state index in [0.717, 1.165) is 12.8 Å². The number of methoxy groups -OCH3 is 1. The molecule has 0 aromatic carbocycles. The number of allylic oxidation sites excluding steroid dienone is 2. The number of ether oxygens (including phenoxy) is 1. The lowest BCUT2D eigenvalue weighted by Gasteiger charge is -2.02. The lowest BCUT2D eigenvalue weighted by Crippen LogP contribution is -1.99. The van der Waals surface area contributed by atoms with Gasteiger partial charge in [0.1, 0.15) is 0 Å². The fraction of sp³-hybridized carbons (Fsp3) is 0.727. The molecule has 0 heterocycles. The zero-order valence-corrected chi connectivity index (χ0v) is 8.44. The molecule has 78 valence electrons. The molecule has 2 nitrogen and oxygen atoms in total. The molecule has 0 saturated heterocycles. The smallest absolute Gasteiger partial charge is 0.305 e. The summed E-state index contributed by atoms with van der Waals surface area (Å²) in [5, 5.41) is 0. The number of hydrogen-bond donors (Lipinski definition) is 0. The minimum atomic E-state index is -0.114. The predicted octanol–water partition coefficient (Wildman–Crippen LogP) is 3.32. The molecule has 0 aromatic rings. The average Bonchev–Trinajstić information content (AvgIpc) is 2.03. The van der Waals surface area contributed by atoms with Crippen LogP contribution in [0.25, 0.3) is 0 Å². The van der Waals surface area contributed by atoms with Crippen molar-refractivity contribution >= 4 is 5.97 Å². The highest BCUT2D eigenvalue weighted by atomic mass is 16.5. The zero-order valence-electron chi connectivity index (χ0n) is 8.44. The molecule has 0 rings (SSSR count). The second-order valence-corrected chi connectivity index (χ2v) is 3.21. The summed E-state index contributed by atoms with van der Waals surface area (Å²) in [5.74, 6) is -0.114. The molecule has 0 amide bonds. The third-order valence-corrected chi connectivity index (χ3v) is 2.01. The lowest BCUT2D eigenvalue weighted by molar-refractivity contribution is -0.140. The van der Waals surface area contributed by atoms with Crippen molar-refractivity contribution in [3.05, 3.63) is 11.1 Å². The van der Waals surface area contributed by atoms with Crippen LogP contribution in [0.5, 0.6) is 0 Å². The summed E-state index contributed by atoms with van der Waals surface area (Å²) >= 11 is 0. The summed E-state index contributed by atoms with van der Waals surface area (Å²) in [5.41, 5.74) is 2.72. The van der Waals surface area contributed by atoms with E-state index in [9.17, 15) is 4.79 Å². The van der Waals surface area contributed by atoms with E-state index in [2.05, 4.69) is 25.5 Å². The van der Waals surface area contributed by atoms with Gasteiger partial charge in [0, 0.05) is 6.42 Å². The van der Waals surface area contributed by atoms with E-state index in [1.807, 2.05) is 0 Å². The second-order valence-electron chi connectivity index (χ2n) is 3.21. The Hall–Kier alpha value is -0.790. The van der Waals surface area contributed by atoms with Crippen LogP contribution in [0.15, 0.2) is 11.1 Å². The molecule has 0 fully saturated rings. The normalized spacial score (nSPS) is 8.62. The molecular weight excluding hydrogens is 164 g/mol. The Morgan fingerprint density at radius 2 is 1.69 bits per heavy atom. The predicted molar refractivity (Wildman–Crippen MR) is 56.6 cm³/mol. The van der Waals surface area contributed by atoms with Crippen LogP contribution < -0.4 is 0 Å². The van der Waals surface area contributed by atoms with Crippen LogP contribution in [-0.4, -0.2) is 13.1 Å². The fourth-order valence-electron chi connectivity index (χ4n) is 0.850. The number of hydrogen-bond acceptors (Lipinski definition) is 2. The Kier molecular flexibility index (Phi) is 8.87. The highest BCUT2D eigenvalue weighted by Crippen LogP contribution is 2.11. The van der Waals surface area contributed by atoms with Gasteiger partial charge in [-0.2, -0.15) is 0 Å². The average molecular weight is 186 g/mol. The van der Waals surface area contributed by atoms with E-state index in [0.29, 0.717) is 6.42 Å². The summed E-state index contributed by atoms with van der Waals surface area (Å²) in [7, 11) is 1.43. The minimum Gasteiger partial charge on any atom is -0.469 e. The van der Waals surface area contributed by atoms with Crippen molar-refractivity contribution in [2.24, 2.45) is 0 Å². The molecule has 0 unspecified atom stereocenters. The maximum atomic E-state index is 10.7.